The van der Waals surface area contributed by atoms with Crippen molar-refractivity contribution in [1.82, 2.24) is 19.8 Å². The van der Waals surface area contributed by atoms with E-state index in [1.807, 2.05) is 19.1 Å². The van der Waals surface area contributed by atoms with Crippen molar-refractivity contribution in [2.24, 2.45) is 0 Å². The lowest BCUT2D eigenvalue weighted by Gasteiger charge is -2.34. The van der Waals surface area contributed by atoms with E-state index in [1.54, 1.807) is 26.4 Å². The van der Waals surface area contributed by atoms with E-state index < -0.39 is 0 Å². The Balaban J connectivity index is 1.37. The highest BCUT2D eigenvalue weighted by Crippen LogP contribution is 2.30. The van der Waals surface area contributed by atoms with Crippen LogP contribution in [-0.2, 0) is 13.1 Å². The summed E-state index contributed by atoms with van der Waals surface area (Å²) in [4.78, 5) is 25.0. The van der Waals surface area contributed by atoms with Gasteiger partial charge in [0.2, 0.25) is 0 Å². The van der Waals surface area contributed by atoms with Crippen molar-refractivity contribution in [3.8, 4) is 17.2 Å². The van der Waals surface area contributed by atoms with Crippen LogP contribution in [0.4, 0.5) is 0 Å². The van der Waals surface area contributed by atoms with Crippen LogP contribution in [0, 0.1) is 0 Å². The number of aromatic nitrogens is 2. The molecule has 8 nitrogen and oxygen atoms in total. The number of methoxy groups -OCH3 is 2. The predicted octanol–water partition coefficient (Wildman–Crippen LogP) is 2.66. The van der Waals surface area contributed by atoms with Gasteiger partial charge in [-0.05, 0) is 30.7 Å². The highest BCUT2D eigenvalue weighted by Gasteiger charge is 2.19. The number of aromatic amines is 1. The molecule has 1 aromatic heterocycles. The van der Waals surface area contributed by atoms with Gasteiger partial charge in [0, 0.05) is 38.8 Å². The van der Waals surface area contributed by atoms with Crippen LogP contribution in [-0.4, -0.2) is 66.8 Å². The molecule has 0 radical (unpaired) electrons. The topological polar surface area (TPSA) is 79.9 Å². The van der Waals surface area contributed by atoms with Crippen molar-refractivity contribution in [2.75, 3.05) is 47.0 Å². The fraction of sp³-hybridized carbons (Fsp3) is 0.417. The lowest BCUT2D eigenvalue weighted by atomic mass is 10.2. The smallest absolute Gasteiger partial charge is 0.258 e. The summed E-state index contributed by atoms with van der Waals surface area (Å²) in [5.74, 6) is 2.65. The highest BCUT2D eigenvalue weighted by atomic mass is 16.5. The second-order valence-electron chi connectivity index (χ2n) is 7.87. The van der Waals surface area contributed by atoms with Gasteiger partial charge in [-0.3, -0.25) is 14.6 Å². The third-order valence-corrected chi connectivity index (χ3v) is 5.74. The normalized spacial score (nSPS) is 15.1. The van der Waals surface area contributed by atoms with Gasteiger partial charge in [0.1, 0.15) is 11.6 Å². The lowest BCUT2D eigenvalue weighted by molar-refractivity contribution is 0.120. The number of nitrogens with one attached hydrogen (secondary N) is 1. The molecular weight excluding hydrogens is 408 g/mol. The Hall–Kier alpha value is -3.10. The van der Waals surface area contributed by atoms with Gasteiger partial charge in [-0.15, -0.1) is 0 Å². The van der Waals surface area contributed by atoms with Crippen LogP contribution in [0.15, 0.2) is 41.2 Å². The Morgan fingerprint density at radius 1 is 0.938 bits per heavy atom. The zero-order chi connectivity index (χ0) is 22.5. The van der Waals surface area contributed by atoms with Crippen LogP contribution in [0.5, 0.6) is 17.2 Å². The fourth-order valence-corrected chi connectivity index (χ4v) is 4.02. The molecule has 0 aliphatic carbocycles. The molecule has 0 atom stereocenters. The van der Waals surface area contributed by atoms with Crippen molar-refractivity contribution >= 4 is 10.9 Å². The number of piperazine rings is 1. The first kappa shape index (κ1) is 22.1. The minimum absolute atomic E-state index is 0.167. The van der Waals surface area contributed by atoms with Crippen molar-refractivity contribution in [1.29, 1.82) is 0 Å². The van der Waals surface area contributed by atoms with Crippen LogP contribution in [0.2, 0.25) is 0 Å². The molecule has 4 rings (SSSR count). The van der Waals surface area contributed by atoms with Crippen molar-refractivity contribution in [2.45, 2.75) is 20.0 Å². The van der Waals surface area contributed by atoms with E-state index in [4.69, 9.17) is 14.2 Å². The minimum atomic E-state index is -0.167. The van der Waals surface area contributed by atoms with Crippen LogP contribution in [0.1, 0.15) is 18.3 Å². The van der Waals surface area contributed by atoms with Crippen LogP contribution < -0.4 is 19.8 Å². The van der Waals surface area contributed by atoms with Crippen LogP contribution in [0.3, 0.4) is 0 Å². The van der Waals surface area contributed by atoms with Crippen molar-refractivity contribution in [3.63, 3.8) is 0 Å². The number of benzene rings is 2. The second kappa shape index (κ2) is 10.0. The van der Waals surface area contributed by atoms with Gasteiger partial charge < -0.3 is 19.2 Å². The lowest BCUT2D eigenvalue weighted by Crippen LogP contribution is -2.45. The van der Waals surface area contributed by atoms with E-state index in [1.165, 1.54) is 5.56 Å². The summed E-state index contributed by atoms with van der Waals surface area (Å²) in [6.45, 7) is 7.98. The van der Waals surface area contributed by atoms with Gasteiger partial charge in [0.05, 0.1) is 38.3 Å². The van der Waals surface area contributed by atoms with Gasteiger partial charge in [-0.25, -0.2) is 4.98 Å². The second-order valence-corrected chi connectivity index (χ2v) is 7.87. The largest absolute Gasteiger partial charge is 0.494 e. The van der Waals surface area contributed by atoms with Crippen LogP contribution in [0.25, 0.3) is 10.9 Å². The SMILES string of the molecule is CCOc1ccc(CN2CCN(Cc3nc4cc(OC)c(OC)cc4c(=O)[nH]3)CC2)cc1. The maximum Gasteiger partial charge on any atom is 0.258 e. The molecule has 0 bridgehead atoms. The first-order valence-corrected chi connectivity index (χ1v) is 10.9. The van der Waals surface area contributed by atoms with E-state index in [9.17, 15) is 4.79 Å². The Bertz CT molecular complexity index is 1110. The number of nitrogens with zero attached hydrogens (tertiary/aromatic N) is 3. The molecule has 3 aromatic rings. The molecule has 1 aliphatic rings. The average Bonchev–Trinajstić information content (AvgIpc) is 2.81. The Morgan fingerprint density at radius 3 is 2.19 bits per heavy atom. The maximum atomic E-state index is 12.6. The summed E-state index contributed by atoms with van der Waals surface area (Å²) in [5, 5.41) is 0.492. The molecule has 8 heteroatoms. The molecule has 1 saturated heterocycles. The number of ether oxygens (including phenoxy) is 3. The van der Waals surface area contributed by atoms with Gasteiger partial charge >= 0.3 is 0 Å². The van der Waals surface area contributed by atoms with E-state index in [0.29, 0.717) is 41.4 Å². The van der Waals surface area contributed by atoms with Crippen molar-refractivity contribution < 1.29 is 14.2 Å². The molecule has 32 heavy (non-hydrogen) atoms. The predicted molar refractivity (Wildman–Crippen MR) is 124 cm³/mol. The van der Waals surface area contributed by atoms with Gasteiger partial charge in [0.25, 0.3) is 5.56 Å². The van der Waals surface area contributed by atoms with E-state index in [-0.39, 0.29) is 5.56 Å². The summed E-state index contributed by atoms with van der Waals surface area (Å²) in [6, 6.07) is 11.7. The summed E-state index contributed by atoms with van der Waals surface area (Å²) >= 11 is 0. The Labute approximate surface area is 187 Å². The molecular formula is C24H30N4O4. The number of hydrogen-bond acceptors (Lipinski definition) is 7. The molecule has 1 N–H and O–H groups in total. The molecule has 1 fully saturated rings. The molecule has 0 spiro atoms. The van der Waals surface area contributed by atoms with Gasteiger partial charge in [-0.1, -0.05) is 12.1 Å². The van der Waals surface area contributed by atoms with Crippen LogP contribution >= 0.6 is 0 Å². The number of fused-ring (bicyclic) bond motifs is 1. The minimum Gasteiger partial charge on any atom is -0.494 e. The number of rotatable bonds is 8. The fourth-order valence-electron chi connectivity index (χ4n) is 4.02. The third-order valence-electron chi connectivity index (χ3n) is 5.74. The average molecular weight is 439 g/mol. The molecule has 0 saturated carbocycles. The summed E-state index contributed by atoms with van der Waals surface area (Å²) < 4.78 is 16.2. The summed E-state index contributed by atoms with van der Waals surface area (Å²) in [7, 11) is 3.12. The summed E-state index contributed by atoms with van der Waals surface area (Å²) in [5.41, 5.74) is 1.72. The first-order valence-electron chi connectivity index (χ1n) is 10.9. The monoisotopic (exact) mass is 438 g/mol. The maximum absolute atomic E-state index is 12.6. The number of hydrogen-bond donors (Lipinski definition) is 1. The standard InChI is InChI=1S/C24H30N4O4/c1-4-32-18-7-5-17(6-8-18)15-27-9-11-28(12-10-27)16-23-25-20-14-22(31-3)21(30-2)13-19(20)24(29)26-23/h5-8,13-14H,4,9-12,15-16H2,1-3H3,(H,25,26,29). The molecule has 170 valence electrons. The first-order chi connectivity index (χ1) is 15.6. The van der Waals surface area contributed by atoms with Gasteiger partial charge in [0.15, 0.2) is 11.5 Å². The quantitative estimate of drug-likeness (QED) is 0.579. The zero-order valence-corrected chi connectivity index (χ0v) is 18.9. The molecule has 2 heterocycles. The highest BCUT2D eigenvalue weighted by molar-refractivity contribution is 5.81. The zero-order valence-electron chi connectivity index (χ0n) is 18.9. The van der Waals surface area contributed by atoms with E-state index in [2.05, 4.69) is 31.9 Å². The Morgan fingerprint density at radius 2 is 1.56 bits per heavy atom. The molecule has 0 amide bonds. The number of H-pyrrole nitrogens is 1. The molecule has 0 unspecified atom stereocenters. The molecule has 1 aliphatic heterocycles. The van der Waals surface area contributed by atoms with Crippen molar-refractivity contribution in [3.05, 3.63) is 58.1 Å². The third kappa shape index (κ3) is 5.03. The Kier molecular flexibility index (Phi) is 6.92. The molecule has 2 aromatic carbocycles. The summed E-state index contributed by atoms with van der Waals surface area (Å²) in [6.07, 6.45) is 0. The van der Waals surface area contributed by atoms with E-state index >= 15 is 0 Å². The van der Waals surface area contributed by atoms with E-state index in [0.717, 1.165) is 38.5 Å². The van der Waals surface area contributed by atoms with Gasteiger partial charge in [-0.2, -0.15) is 0 Å².